The number of para-hydroxylation sites is 2. The number of nitrogens with one attached hydrogen (secondary N) is 1. The number of hydrogen-bond acceptors (Lipinski definition) is 4. The fraction of sp³-hybridized carbons (Fsp3) is 0.100. The van der Waals surface area contributed by atoms with Gasteiger partial charge in [-0.05, 0) is 19.1 Å². The summed E-state index contributed by atoms with van der Waals surface area (Å²) < 4.78 is 1.99. The van der Waals surface area contributed by atoms with Gasteiger partial charge in [-0.25, -0.2) is 5.43 Å². The van der Waals surface area contributed by atoms with Gasteiger partial charge in [0.1, 0.15) is 5.56 Å². The van der Waals surface area contributed by atoms with E-state index in [0.29, 0.717) is 6.54 Å². The third-order valence-corrected chi connectivity index (χ3v) is 4.23. The molecule has 0 fully saturated rings. The van der Waals surface area contributed by atoms with Crippen molar-refractivity contribution in [1.82, 2.24) is 9.99 Å². The number of nitro benzene ring substituents is 1. The first kappa shape index (κ1) is 17.9. The highest BCUT2D eigenvalue weighted by molar-refractivity contribution is 6.02. The van der Waals surface area contributed by atoms with Crippen molar-refractivity contribution in [2.75, 3.05) is 0 Å². The lowest BCUT2D eigenvalue weighted by Gasteiger charge is -2.03. The van der Waals surface area contributed by atoms with Crippen molar-refractivity contribution in [2.45, 2.75) is 13.5 Å². The Balaban J connectivity index is 1.90. The fourth-order valence-corrected chi connectivity index (χ4v) is 2.96. The number of terminal acetylenes is 1. The molecule has 0 spiro atoms. The van der Waals surface area contributed by atoms with Crippen LogP contribution in [-0.4, -0.2) is 21.6 Å². The van der Waals surface area contributed by atoms with Crippen LogP contribution in [0.1, 0.15) is 21.6 Å². The molecule has 0 unspecified atom stereocenters. The van der Waals surface area contributed by atoms with Gasteiger partial charge in [-0.15, -0.1) is 6.42 Å². The molecule has 7 nitrogen and oxygen atoms in total. The van der Waals surface area contributed by atoms with Gasteiger partial charge in [-0.3, -0.25) is 14.9 Å². The number of rotatable bonds is 5. The van der Waals surface area contributed by atoms with Crippen LogP contribution < -0.4 is 5.43 Å². The lowest BCUT2D eigenvalue weighted by molar-refractivity contribution is -0.385. The van der Waals surface area contributed by atoms with Gasteiger partial charge in [-0.1, -0.05) is 36.3 Å². The molecule has 0 saturated carbocycles. The molecular formula is C20H16N4O3. The first-order valence-corrected chi connectivity index (χ1v) is 8.12. The molecule has 0 bridgehead atoms. The molecule has 1 heterocycles. The monoisotopic (exact) mass is 360 g/mol. The molecular weight excluding hydrogens is 344 g/mol. The molecule has 0 aliphatic carbocycles. The van der Waals surface area contributed by atoms with Crippen LogP contribution in [0.15, 0.2) is 53.6 Å². The average molecular weight is 360 g/mol. The number of benzene rings is 2. The second-order valence-corrected chi connectivity index (χ2v) is 5.78. The van der Waals surface area contributed by atoms with Crippen molar-refractivity contribution in [1.29, 1.82) is 0 Å². The highest BCUT2D eigenvalue weighted by Gasteiger charge is 2.18. The zero-order chi connectivity index (χ0) is 19.4. The van der Waals surface area contributed by atoms with Gasteiger partial charge in [0, 0.05) is 28.2 Å². The normalized spacial score (nSPS) is 10.8. The number of aromatic nitrogens is 1. The van der Waals surface area contributed by atoms with E-state index in [1.165, 1.54) is 24.4 Å². The Morgan fingerprint density at radius 3 is 2.74 bits per heavy atom. The number of hydrogen-bond donors (Lipinski definition) is 1. The number of fused-ring (bicyclic) bond motifs is 1. The summed E-state index contributed by atoms with van der Waals surface area (Å²) in [7, 11) is 0. The van der Waals surface area contributed by atoms with Crippen LogP contribution in [0.3, 0.4) is 0 Å². The number of amides is 1. The number of hydrazone groups is 1. The highest BCUT2D eigenvalue weighted by atomic mass is 16.6. The van der Waals surface area contributed by atoms with Crippen molar-refractivity contribution in [3.8, 4) is 12.3 Å². The van der Waals surface area contributed by atoms with Crippen molar-refractivity contribution >= 4 is 28.7 Å². The predicted molar refractivity (Wildman–Crippen MR) is 104 cm³/mol. The minimum absolute atomic E-state index is 0.0499. The van der Waals surface area contributed by atoms with E-state index < -0.39 is 10.8 Å². The van der Waals surface area contributed by atoms with Crippen molar-refractivity contribution < 1.29 is 9.72 Å². The van der Waals surface area contributed by atoms with Crippen LogP contribution in [0.2, 0.25) is 0 Å². The summed E-state index contributed by atoms with van der Waals surface area (Å²) in [5, 5.41) is 16.0. The first-order chi connectivity index (χ1) is 13.0. The van der Waals surface area contributed by atoms with Gasteiger partial charge in [0.2, 0.25) is 0 Å². The Labute approximate surface area is 155 Å². The van der Waals surface area contributed by atoms with Gasteiger partial charge >= 0.3 is 0 Å². The summed E-state index contributed by atoms with van der Waals surface area (Å²) in [5.74, 6) is 1.98. The van der Waals surface area contributed by atoms with E-state index in [1.807, 2.05) is 35.8 Å². The van der Waals surface area contributed by atoms with Gasteiger partial charge < -0.3 is 4.57 Å². The fourth-order valence-electron chi connectivity index (χ4n) is 2.96. The number of carbonyl (C=O) groups excluding carboxylic acids is 1. The van der Waals surface area contributed by atoms with Gasteiger partial charge in [-0.2, -0.15) is 5.10 Å². The summed E-state index contributed by atoms with van der Waals surface area (Å²) in [6, 6.07) is 13.5. The van der Waals surface area contributed by atoms with Gasteiger partial charge in [0.05, 0.1) is 17.7 Å². The molecule has 134 valence electrons. The zero-order valence-electron chi connectivity index (χ0n) is 14.5. The minimum atomic E-state index is -0.649. The van der Waals surface area contributed by atoms with Crippen LogP contribution in [0.4, 0.5) is 5.69 Å². The maximum Gasteiger partial charge on any atom is 0.282 e. The Bertz CT molecular complexity index is 1110. The number of nitro groups is 1. The predicted octanol–water partition coefficient (Wildman–Crippen LogP) is 3.26. The molecule has 2 aromatic carbocycles. The standard InChI is InChI=1S/C20H16N4O3/c1-3-12-23-14(2)17(15-8-4-6-10-18(15)23)13-21-22-20(25)16-9-5-7-11-19(16)24(26)27/h1,4-11,13H,12H2,2H3,(H,22,25)/b21-13-. The molecule has 3 rings (SSSR count). The molecule has 0 aliphatic heterocycles. The largest absolute Gasteiger partial charge is 0.333 e. The second kappa shape index (κ2) is 7.54. The minimum Gasteiger partial charge on any atom is -0.333 e. The Morgan fingerprint density at radius 1 is 1.30 bits per heavy atom. The van der Waals surface area contributed by atoms with E-state index in [1.54, 1.807) is 6.07 Å². The van der Waals surface area contributed by atoms with E-state index in [-0.39, 0.29) is 11.3 Å². The quantitative estimate of drug-likeness (QED) is 0.328. The maximum atomic E-state index is 12.3. The van der Waals surface area contributed by atoms with Crippen molar-refractivity contribution in [2.24, 2.45) is 5.10 Å². The zero-order valence-corrected chi connectivity index (χ0v) is 14.5. The van der Waals surface area contributed by atoms with Crippen LogP contribution in [0, 0.1) is 29.4 Å². The summed E-state index contributed by atoms with van der Waals surface area (Å²) in [4.78, 5) is 22.7. The molecule has 1 amide bonds. The SMILES string of the molecule is C#CCn1c(C)c(/C=N\NC(=O)c2ccccc2[N+](=O)[O-])c2ccccc21. The third-order valence-electron chi connectivity index (χ3n) is 4.23. The van der Waals surface area contributed by atoms with Crippen LogP contribution in [-0.2, 0) is 6.54 Å². The Kier molecular flexibility index (Phi) is 4.99. The molecule has 0 radical (unpaired) electrons. The highest BCUT2D eigenvalue weighted by Crippen LogP contribution is 2.24. The Hall–Kier alpha value is -3.92. The smallest absolute Gasteiger partial charge is 0.282 e. The van der Waals surface area contributed by atoms with Crippen LogP contribution in [0.25, 0.3) is 10.9 Å². The van der Waals surface area contributed by atoms with E-state index in [0.717, 1.165) is 22.2 Å². The average Bonchev–Trinajstić information content (AvgIpc) is 2.94. The lowest BCUT2D eigenvalue weighted by Crippen LogP contribution is -2.19. The van der Waals surface area contributed by atoms with Gasteiger partial charge in [0.15, 0.2) is 0 Å². The van der Waals surface area contributed by atoms with Crippen molar-refractivity contribution in [3.63, 3.8) is 0 Å². The molecule has 3 aromatic rings. The van der Waals surface area contributed by atoms with E-state index in [4.69, 9.17) is 6.42 Å². The molecule has 7 heteroatoms. The maximum absolute atomic E-state index is 12.3. The molecule has 27 heavy (non-hydrogen) atoms. The molecule has 0 saturated heterocycles. The summed E-state index contributed by atoms with van der Waals surface area (Å²) >= 11 is 0. The third kappa shape index (κ3) is 3.41. The summed E-state index contributed by atoms with van der Waals surface area (Å²) in [6.07, 6.45) is 6.98. The topological polar surface area (TPSA) is 89.5 Å². The summed E-state index contributed by atoms with van der Waals surface area (Å²) in [6.45, 7) is 2.34. The molecule has 0 atom stereocenters. The van der Waals surface area contributed by atoms with E-state index in [2.05, 4.69) is 16.4 Å². The Morgan fingerprint density at radius 2 is 2.00 bits per heavy atom. The molecule has 1 aromatic heterocycles. The first-order valence-electron chi connectivity index (χ1n) is 8.12. The second-order valence-electron chi connectivity index (χ2n) is 5.78. The van der Waals surface area contributed by atoms with Gasteiger partial charge in [0.25, 0.3) is 11.6 Å². The van der Waals surface area contributed by atoms with E-state index in [9.17, 15) is 14.9 Å². The molecule has 1 N–H and O–H groups in total. The summed E-state index contributed by atoms with van der Waals surface area (Å²) in [5.41, 5.74) is 4.74. The van der Waals surface area contributed by atoms with Crippen LogP contribution >= 0.6 is 0 Å². The van der Waals surface area contributed by atoms with E-state index >= 15 is 0 Å². The number of carbonyl (C=O) groups is 1. The van der Waals surface area contributed by atoms with Crippen LogP contribution in [0.5, 0.6) is 0 Å². The number of nitrogens with zero attached hydrogens (tertiary/aromatic N) is 3. The van der Waals surface area contributed by atoms with Crippen molar-refractivity contribution in [3.05, 3.63) is 75.5 Å². The molecule has 0 aliphatic rings. The lowest BCUT2D eigenvalue weighted by atomic mass is 10.1.